The summed E-state index contributed by atoms with van der Waals surface area (Å²) in [5.41, 5.74) is 3.56. The van der Waals surface area contributed by atoms with Crippen molar-refractivity contribution in [2.75, 3.05) is 35.2 Å². The number of nitrogens with zero attached hydrogens (tertiary/aromatic N) is 3. The second-order valence-corrected chi connectivity index (χ2v) is 16.2. The number of nitrogens with one attached hydrogen (secondary N) is 2. The van der Waals surface area contributed by atoms with E-state index in [4.69, 9.17) is 5.11 Å². The smallest absolute Gasteiger partial charge is 1.00 e. The summed E-state index contributed by atoms with van der Waals surface area (Å²) >= 11 is 0. The van der Waals surface area contributed by atoms with Crippen LogP contribution in [0.4, 0.5) is 17.2 Å². The van der Waals surface area contributed by atoms with Crippen LogP contribution in [0.3, 0.4) is 0 Å². The number of carboxylic acids is 2. The molecule has 1 aliphatic carbocycles. The van der Waals surface area contributed by atoms with E-state index in [1.165, 1.54) is 28.6 Å². The van der Waals surface area contributed by atoms with Crippen molar-refractivity contribution in [2.24, 2.45) is 5.92 Å². The molecular formula is C42H49K2N5O8S. The Balaban J connectivity index is 0.00000310. The molecule has 3 aromatic carbocycles. The first-order valence-corrected chi connectivity index (χ1v) is 20.5. The second-order valence-electron chi connectivity index (χ2n) is 14.3. The SMILES string of the molecule is CCN(C1CCC(C(=O)O)CC1)S(=O)(=O)c1cccc(C(=O)Nc2ccc(N3CCCCC3)cc2C(=O)Nc2ccc(CCc3ccc(C(=O)O)cc3)cn2)c1.[H-].[H-].[K+].[K+]. The van der Waals surface area contributed by atoms with Gasteiger partial charge >= 0.3 is 115 Å². The standard InChI is InChI=1S/C42H47N5O8S.2K.2H/c1-2-47(33-18-16-31(17-19-33)42(52)53)56(54,55)35-8-6-7-32(25-35)39(48)44-37-21-20-34(46-23-4-3-5-24-46)26-36(37)40(49)45-38-22-13-29(27-43-38)10-9-28-11-14-30(15-12-28)41(50)51;;;;/h6-8,11-15,20-22,25-27,31,33H,2-5,9-10,16-19,23-24H2,1H3,(H,44,48)(H,50,51)(H,52,53)(H,43,45,49);;;;/q;2*+1;2*-1. The van der Waals surface area contributed by atoms with Gasteiger partial charge in [-0.1, -0.05) is 31.2 Å². The Morgan fingerprint density at radius 1 is 0.793 bits per heavy atom. The molecule has 1 saturated heterocycles. The number of amides is 2. The number of piperidine rings is 1. The number of rotatable bonds is 14. The molecular weight excluding hydrogens is 813 g/mol. The van der Waals surface area contributed by atoms with E-state index < -0.39 is 39.7 Å². The van der Waals surface area contributed by atoms with Crippen LogP contribution in [0.2, 0.25) is 0 Å². The number of carbonyl (C=O) groups excluding carboxylic acids is 2. The fourth-order valence-corrected chi connectivity index (χ4v) is 9.21. The summed E-state index contributed by atoms with van der Waals surface area (Å²) in [6, 6.07) is 21.0. The zero-order chi connectivity index (χ0) is 39.8. The van der Waals surface area contributed by atoms with Gasteiger partial charge in [-0.3, -0.25) is 14.4 Å². The molecule has 1 aliphatic heterocycles. The van der Waals surface area contributed by atoms with E-state index in [-0.39, 0.29) is 145 Å². The van der Waals surface area contributed by atoms with Crippen LogP contribution in [0, 0.1) is 5.92 Å². The number of aliphatic carboxylic acids is 1. The molecule has 2 fully saturated rings. The van der Waals surface area contributed by atoms with E-state index in [1.807, 2.05) is 12.1 Å². The zero-order valence-electron chi connectivity index (χ0n) is 35.3. The molecule has 58 heavy (non-hydrogen) atoms. The number of aryl methyl sites for hydroxylation is 2. The Morgan fingerprint density at radius 2 is 1.47 bits per heavy atom. The molecule has 0 bridgehead atoms. The second kappa shape index (κ2) is 22.5. The molecule has 1 aromatic heterocycles. The minimum Gasteiger partial charge on any atom is -1.00 e. The number of anilines is 3. The van der Waals surface area contributed by atoms with E-state index in [0.29, 0.717) is 44.3 Å². The molecule has 13 nitrogen and oxygen atoms in total. The summed E-state index contributed by atoms with van der Waals surface area (Å²) < 4.78 is 29.1. The van der Waals surface area contributed by atoms with Crippen molar-refractivity contribution in [3.8, 4) is 0 Å². The minimum absolute atomic E-state index is 0. The van der Waals surface area contributed by atoms with Crippen LogP contribution in [-0.2, 0) is 27.7 Å². The molecule has 4 N–H and O–H groups in total. The van der Waals surface area contributed by atoms with Gasteiger partial charge in [0.1, 0.15) is 5.82 Å². The van der Waals surface area contributed by atoms with Crippen LogP contribution in [-0.4, -0.2) is 77.3 Å². The molecule has 0 spiro atoms. The number of hydrogen-bond donors (Lipinski definition) is 4. The van der Waals surface area contributed by atoms with E-state index >= 15 is 0 Å². The molecule has 0 unspecified atom stereocenters. The van der Waals surface area contributed by atoms with Gasteiger partial charge in [0, 0.05) is 43.1 Å². The number of pyridine rings is 1. The minimum atomic E-state index is -4.01. The van der Waals surface area contributed by atoms with Gasteiger partial charge in [-0.2, -0.15) is 4.31 Å². The first kappa shape index (κ1) is 48.3. The topological polar surface area (TPSA) is 186 Å². The molecule has 298 valence electrons. The van der Waals surface area contributed by atoms with Crippen LogP contribution >= 0.6 is 0 Å². The number of sulfonamides is 1. The van der Waals surface area contributed by atoms with Gasteiger partial charge in [0.05, 0.1) is 27.6 Å². The summed E-state index contributed by atoms with van der Waals surface area (Å²) in [5, 5.41) is 24.2. The van der Waals surface area contributed by atoms with E-state index in [2.05, 4.69) is 20.5 Å². The van der Waals surface area contributed by atoms with Gasteiger partial charge in [0.25, 0.3) is 11.8 Å². The van der Waals surface area contributed by atoms with Crippen molar-refractivity contribution in [1.82, 2.24) is 9.29 Å². The average Bonchev–Trinajstić information content (AvgIpc) is 3.21. The maximum absolute atomic E-state index is 13.9. The van der Waals surface area contributed by atoms with Gasteiger partial charge in [-0.25, -0.2) is 18.2 Å². The normalized spacial score (nSPS) is 16.7. The number of hydrogen-bond acceptors (Lipinski definition) is 8. The van der Waals surface area contributed by atoms with Crippen molar-refractivity contribution < 1.29 is 143 Å². The van der Waals surface area contributed by atoms with Crippen molar-refractivity contribution >= 4 is 51.0 Å². The first-order valence-electron chi connectivity index (χ1n) is 19.1. The fraction of sp³-hybridized carbons (Fsp3) is 0.357. The number of carbonyl (C=O) groups is 4. The predicted molar refractivity (Wildman–Crippen MR) is 215 cm³/mol. The molecule has 6 rings (SSSR count). The Labute approximate surface area is 427 Å². The maximum Gasteiger partial charge on any atom is 1.00 e. The summed E-state index contributed by atoms with van der Waals surface area (Å²) in [7, 11) is -4.01. The van der Waals surface area contributed by atoms with Crippen LogP contribution in [0.15, 0.2) is 90.0 Å². The number of aromatic nitrogens is 1. The predicted octanol–water partition coefficient (Wildman–Crippen LogP) is 0.947. The summed E-state index contributed by atoms with van der Waals surface area (Å²) in [6.07, 6.45) is 7.89. The quantitative estimate of drug-likeness (QED) is 0.133. The van der Waals surface area contributed by atoms with E-state index in [0.717, 1.165) is 49.2 Å². The van der Waals surface area contributed by atoms with Crippen molar-refractivity contribution in [1.29, 1.82) is 0 Å². The summed E-state index contributed by atoms with van der Waals surface area (Å²) in [4.78, 5) is 56.8. The monoisotopic (exact) mass is 861 g/mol. The van der Waals surface area contributed by atoms with Crippen molar-refractivity contribution in [3.05, 3.63) is 113 Å². The molecule has 1 saturated carbocycles. The van der Waals surface area contributed by atoms with Crippen molar-refractivity contribution in [2.45, 2.75) is 75.6 Å². The molecule has 2 heterocycles. The van der Waals surface area contributed by atoms with Crippen LogP contribution in [0.5, 0.6) is 0 Å². The third-order valence-corrected chi connectivity index (χ3v) is 12.7. The Bertz CT molecular complexity index is 2190. The van der Waals surface area contributed by atoms with Gasteiger partial charge in [-0.15, -0.1) is 0 Å². The summed E-state index contributed by atoms with van der Waals surface area (Å²) in [5.74, 6) is -3.07. The Morgan fingerprint density at radius 3 is 2.09 bits per heavy atom. The Hall–Kier alpha value is -2.33. The zero-order valence-corrected chi connectivity index (χ0v) is 40.4. The largest absolute Gasteiger partial charge is 1.00 e. The third kappa shape index (κ3) is 12.4. The molecule has 0 radical (unpaired) electrons. The van der Waals surface area contributed by atoms with E-state index in [9.17, 15) is 32.7 Å². The third-order valence-electron chi connectivity index (χ3n) is 10.7. The van der Waals surface area contributed by atoms with Crippen LogP contribution in [0.1, 0.15) is 96.9 Å². The number of carboxylic acid groups (broad SMARTS) is 2. The van der Waals surface area contributed by atoms with Gasteiger partial charge in [0.2, 0.25) is 10.0 Å². The molecule has 2 amide bonds. The van der Waals surface area contributed by atoms with Crippen LogP contribution < -0.4 is 118 Å². The molecule has 0 atom stereocenters. The van der Waals surface area contributed by atoms with Crippen molar-refractivity contribution in [3.63, 3.8) is 0 Å². The van der Waals surface area contributed by atoms with Gasteiger partial charge < -0.3 is 28.6 Å². The van der Waals surface area contributed by atoms with E-state index in [1.54, 1.807) is 55.6 Å². The first-order chi connectivity index (χ1) is 26.9. The maximum atomic E-state index is 13.9. The van der Waals surface area contributed by atoms with Gasteiger partial charge in [-0.05, 0) is 124 Å². The Kier molecular flexibility index (Phi) is 18.7. The molecule has 2 aliphatic rings. The fourth-order valence-electron chi connectivity index (χ4n) is 7.47. The molecule has 4 aromatic rings. The summed E-state index contributed by atoms with van der Waals surface area (Å²) in [6.45, 7) is 3.63. The van der Waals surface area contributed by atoms with Gasteiger partial charge in [0.15, 0.2) is 0 Å². The average molecular weight is 862 g/mol. The molecule has 16 heteroatoms. The number of aromatic carboxylic acids is 1. The number of benzene rings is 3. The van der Waals surface area contributed by atoms with Crippen LogP contribution in [0.25, 0.3) is 0 Å².